The van der Waals surface area contributed by atoms with Crippen molar-refractivity contribution in [2.24, 2.45) is 0 Å². The van der Waals surface area contributed by atoms with Gasteiger partial charge in [0.1, 0.15) is 11.6 Å². The molecule has 0 amide bonds. The second kappa shape index (κ2) is 12.8. The molecule has 2 aromatic carbocycles. The molecule has 0 aliphatic rings. The van der Waals surface area contributed by atoms with Crippen molar-refractivity contribution in [3.8, 4) is 17.1 Å². The average molecular weight is 583 g/mol. The highest BCUT2D eigenvalue weighted by molar-refractivity contribution is 7.89. The lowest BCUT2D eigenvalue weighted by molar-refractivity contribution is 0.159. The van der Waals surface area contributed by atoms with Crippen molar-refractivity contribution >= 4 is 21.2 Å². The van der Waals surface area contributed by atoms with Gasteiger partial charge in [-0.3, -0.25) is 4.79 Å². The molecule has 0 aliphatic heterocycles. The first-order valence-corrected chi connectivity index (χ1v) is 15.2. The number of hydrogen-bond donors (Lipinski definition) is 2. The van der Waals surface area contributed by atoms with Gasteiger partial charge >= 0.3 is 0 Å². The summed E-state index contributed by atoms with van der Waals surface area (Å²) in [5.74, 6) is 1.23. The van der Waals surface area contributed by atoms with Crippen molar-refractivity contribution in [2.75, 3.05) is 38.7 Å². The Labute approximate surface area is 240 Å². The molecule has 2 N–H and O–H groups in total. The SMILES string of the molecule is CCCc1nc(CC)c2c(=O)[nH]c(-c3cc(S(=O)(=O)N(C)CC(O)CN(C)c4ccccc4)ccc3OCC)nn12. The predicted octanol–water partition coefficient (Wildman–Crippen LogP) is 3.12. The minimum absolute atomic E-state index is 0.0153. The highest BCUT2D eigenvalue weighted by Gasteiger charge is 2.26. The van der Waals surface area contributed by atoms with Gasteiger partial charge in [-0.1, -0.05) is 32.0 Å². The van der Waals surface area contributed by atoms with Gasteiger partial charge in [0.25, 0.3) is 5.56 Å². The molecule has 0 saturated carbocycles. The lowest BCUT2D eigenvalue weighted by Gasteiger charge is -2.26. The summed E-state index contributed by atoms with van der Waals surface area (Å²) in [5, 5.41) is 15.4. The van der Waals surface area contributed by atoms with Crippen molar-refractivity contribution in [3.05, 3.63) is 70.4 Å². The van der Waals surface area contributed by atoms with Gasteiger partial charge < -0.3 is 19.7 Å². The first kappa shape index (κ1) is 30.2. The summed E-state index contributed by atoms with van der Waals surface area (Å²) < 4.78 is 35.6. The number of para-hydroxylation sites is 1. The molecule has 220 valence electrons. The topological polar surface area (TPSA) is 133 Å². The molecule has 0 saturated heterocycles. The fourth-order valence-electron chi connectivity index (χ4n) is 4.76. The summed E-state index contributed by atoms with van der Waals surface area (Å²) >= 11 is 0. The van der Waals surface area contributed by atoms with E-state index in [9.17, 15) is 18.3 Å². The van der Waals surface area contributed by atoms with Crippen molar-refractivity contribution < 1.29 is 18.3 Å². The summed E-state index contributed by atoms with van der Waals surface area (Å²) in [7, 11) is -0.738. The van der Waals surface area contributed by atoms with E-state index in [1.807, 2.05) is 63.1 Å². The number of sulfonamides is 1. The first-order chi connectivity index (χ1) is 19.6. The number of aromatic amines is 1. The lowest BCUT2D eigenvalue weighted by Crippen LogP contribution is -2.40. The molecule has 0 radical (unpaired) electrons. The maximum absolute atomic E-state index is 13.6. The van der Waals surface area contributed by atoms with Gasteiger partial charge in [-0.05, 0) is 50.1 Å². The number of imidazole rings is 1. The number of benzene rings is 2. The molecule has 1 atom stereocenters. The van der Waals surface area contributed by atoms with E-state index in [4.69, 9.17) is 4.74 Å². The number of hydrogen-bond acceptors (Lipinski definition) is 8. The van der Waals surface area contributed by atoms with E-state index in [0.29, 0.717) is 47.8 Å². The Morgan fingerprint density at radius 1 is 1.07 bits per heavy atom. The maximum atomic E-state index is 13.6. The van der Waals surface area contributed by atoms with Gasteiger partial charge in [0.2, 0.25) is 10.0 Å². The predicted molar refractivity (Wildman–Crippen MR) is 159 cm³/mol. The minimum atomic E-state index is -4.01. The summed E-state index contributed by atoms with van der Waals surface area (Å²) in [6, 6.07) is 14.0. The quantitative estimate of drug-likeness (QED) is 0.246. The van der Waals surface area contributed by atoms with Gasteiger partial charge in [0, 0.05) is 39.3 Å². The number of likely N-dealkylation sites (N-methyl/N-ethyl adjacent to an activating group) is 2. The van der Waals surface area contributed by atoms with Crippen LogP contribution in [0.5, 0.6) is 5.75 Å². The molecule has 12 heteroatoms. The van der Waals surface area contributed by atoms with E-state index in [1.54, 1.807) is 10.6 Å². The van der Waals surface area contributed by atoms with E-state index in [0.717, 1.165) is 16.4 Å². The Balaban J connectivity index is 1.68. The van der Waals surface area contributed by atoms with Crippen molar-refractivity contribution in [3.63, 3.8) is 0 Å². The summed E-state index contributed by atoms with van der Waals surface area (Å²) in [6.07, 6.45) is 1.10. The number of aromatic nitrogens is 4. The molecule has 1 unspecified atom stereocenters. The van der Waals surface area contributed by atoms with Gasteiger partial charge in [-0.25, -0.2) is 17.9 Å². The van der Waals surface area contributed by atoms with E-state index >= 15 is 0 Å². The number of aliphatic hydroxyl groups is 1. The highest BCUT2D eigenvalue weighted by atomic mass is 32.2. The second-order valence-electron chi connectivity index (χ2n) is 9.89. The molecule has 0 aliphatic carbocycles. The molecular weight excluding hydrogens is 544 g/mol. The molecule has 2 heterocycles. The molecule has 4 rings (SSSR count). The van der Waals surface area contributed by atoms with Crippen LogP contribution in [0.25, 0.3) is 16.9 Å². The van der Waals surface area contributed by atoms with Gasteiger partial charge in [-0.2, -0.15) is 4.31 Å². The molecule has 0 bridgehead atoms. The highest BCUT2D eigenvalue weighted by Crippen LogP contribution is 2.31. The molecule has 2 aromatic heterocycles. The Morgan fingerprint density at radius 3 is 2.46 bits per heavy atom. The fourth-order valence-corrected chi connectivity index (χ4v) is 5.99. The number of nitrogens with zero attached hydrogens (tertiary/aromatic N) is 5. The average Bonchev–Trinajstić information content (AvgIpc) is 3.31. The summed E-state index contributed by atoms with van der Waals surface area (Å²) in [5.41, 5.74) is 1.93. The molecule has 0 fully saturated rings. The molecule has 11 nitrogen and oxygen atoms in total. The van der Waals surface area contributed by atoms with Crippen molar-refractivity contribution in [1.29, 1.82) is 0 Å². The summed E-state index contributed by atoms with van der Waals surface area (Å²) in [6.45, 7) is 6.24. The third-order valence-electron chi connectivity index (χ3n) is 6.81. The third-order valence-corrected chi connectivity index (χ3v) is 8.63. The number of anilines is 1. The van der Waals surface area contributed by atoms with Crippen LogP contribution in [0.4, 0.5) is 5.69 Å². The fraction of sp³-hybridized carbons (Fsp3) is 0.414. The van der Waals surface area contributed by atoms with Crippen molar-refractivity contribution in [1.82, 2.24) is 23.9 Å². The van der Waals surface area contributed by atoms with Gasteiger partial charge in [0.05, 0.1) is 28.9 Å². The van der Waals surface area contributed by atoms with Crippen molar-refractivity contribution in [2.45, 2.75) is 51.0 Å². The maximum Gasteiger partial charge on any atom is 0.277 e. The van der Waals surface area contributed by atoms with Crippen LogP contribution >= 0.6 is 0 Å². The van der Waals surface area contributed by atoms with Crippen LogP contribution in [0.2, 0.25) is 0 Å². The Bertz CT molecular complexity index is 1650. The summed E-state index contributed by atoms with van der Waals surface area (Å²) in [4.78, 5) is 22.5. The number of H-pyrrole nitrogens is 1. The number of ether oxygens (including phenoxy) is 1. The van der Waals surface area contributed by atoms with Crippen LogP contribution < -0.4 is 15.2 Å². The minimum Gasteiger partial charge on any atom is -0.493 e. The van der Waals surface area contributed by atoms with Gasteiger partial charge in [0.15, 0.2) is 11.3 Å². The number of aliphatic hydroxyl groups excluding tert-OH is 1. The van der Waals surface area contributed by atoms with Crippen LogP contribution in [-0.2, 0) is 22.9 Å². The van der Waals surface area contributed by atoms with Crippen LogP contribution in [0.3, 0.4) is 0 Å². The molecule has 41 heavy (non-hydrogen) atoms. The number of rotatable bonds is 13. The number of nitrogens with one attached hydrogen (secondary N) is 1. The van der Waals surface area contributed by atoms with Crippen LogP contribution in [0.1, 0.15) is 38.7 Å². The van der Waals surface area contributed by atoms with E-state index in [2.05, 4.69) is 15.1 Å². The Hall–Kier alpha value is -3.74. The first-order valence-electron chi connectivity index (χ1n) is 13.8. The molecule has 0 spiro atoms. The molecular formula is C29H38N6O5S. The van der Waals surface area contributed by atoms with Crippen LogP contribution in [0.15, 0.2) is 58.2 Å². The van der Waals surface area contributed by atoms with E-state index in [1.165, 1.54) is 19.2 Å². The normalized spacial score (nSPS) is 12.7. The monoisotopic (exact) mass is 582 g/mol. The zero-order chi connectivity index (χ0) is 29.7. The Morgan fingerprint density at radius 2 is 1.80 bits per heavy atom. The van der Waals surface area contributed by atoms with E-state index < -0.39 is 16.1 Å². The number of aryl methyl sites for hydroxylation is 2. The third kappa shape index (κ3) is 6.45. The lowest BCUT2D eigenvalue weighted by atomic mass is 10.2. The molecule has 4 aromatic rings. The zero-order valence-electron chi connectivity index (χ0n) is 24.2. The largest absolute Gasteiger partial charge is 0.493 e. The second-order valence-corrected chi connectivity index (χ2v) is 11.9. The van der Waals surface area contributed by atoms with E-state index in [-0.39, 0.29) is 29.4 Å². The zero-order valence-corrected chi connectivity index (χ0v) is 25.0. The van der Waals surface area contributed by atoms with Crippen LogP contribution in [-0.4, -0.2) is 77.3 Å². The Kier molecular flexibility index (Phi) is 9.46. The standard InChI is InChI=1S/C29H38N6O5S/c1-6-12-26-30-24(7-2)27-29(37)31-28(32-35(26)27)23-17-22(15-16-25(23)40-8-3)41(38,39)34(5)19-21(36)18-33(4)20-13-10-9-11-14-20/h9-11,13-17,21,36H,6-8,12,18-19H2,1-5H3,(H,31,32,37). The van der Waals surface area contributed by atoms with Crippen LogP contribution in [0, 0.1) is 0 Å². The smallest absolute Gasteiger partial charge is 0.277 e. The number of fused-ring (bicyclic) bond motifs is 1. The van der Waals surface area contributed by atoms with Gasteiger partial charge in [-0.15, -0.1) is 5.10 Å².